The van der Waals surface area contributed by atoms with Crippen LogP contribution in [0.3, 0.4) is 0 Å². The number of carbonyl (C=O) groups excluding carboxylic acids is 4. The molecule has 0 fully saturated rings. The Morgan fingerprint density at radius 2 is 1.86 bits per heavy atom. The average Bonchev–Trinajstić information content (AvgIpc) is 3.15. The number of urea groups is 1. The molecule has 4 amide bonds. The molecule has 0 unspecified atom stereocenters. The number of primary amides is 1. The molecule has 0 aliphatic carbocycles. The quantitative estimate of drug-likeness (QED) is 0.649. The van der Waals surface area contributed by atoms with E-state index in [0.717, 1.165) is 0 Å². The van der Waals surface area contributed by atoms with Crippen LogP contribution in [-0.2, 0) is 9.53 Å². The third-order valence-corrected chi connectivity index (χ3v) is 3.81. The van der Waals surface area contributed by atoms with Gasteiger partial charge < -0.3 is 20.2 Å². The second-order valence-corrected chi connectivity index (χ2v) is 6.38. The summed E-state index contributed by atoms with van der Waals surface area (Å²) >= 11 is 0. The Hall–Kier alpha value is -3.62. The minimum atomic E-state index is -1.21. The highest BCUT2D eigenvalue weighted by Gasteiger charge is 2.28. The topological polar surface area (TPSA) is 141 Å². The molecule has 1 aromatic heterocycles. The third-order valence-electron chi connectivity index (χ3n) is 3.81. The van der Waals surface area contributed by atoms with Gasteiger partial charge in [-0.1, -0.05) is 19.9 Å². The first-order valence-corrected chi connectivity index (χ1v) is 8.45. The monoisotopic (exact) mass is 387 g/mol. The summed E-state index contributed by atoms with van der Waals surface area (Å²) in [6.45, 7) is 5.06. The van der Waals surface area contributed by atoms with E-state index in [9.17, 15) is 19.2 Å². The smallest absolute Gasteiger partial charge is 0.338 e. The summed E-state index contributed by atoms with van der Waals surface area (Å²) in [5, 5.41) is 4.55. The molecule has 0 aliphatic heterocycles. The van der Waals surface area contributed by atoms with Gasteiger partial charge in [0, 0.05) is 5.69 Å². The minimum Gasteiger partial charge on any atom is -0.459 e. The molecule has 0 radical (unpaired) electrons. The zero-order chi connectivity index (χ0) is 20.8. The standard InChI is InChI=1S/C19H21N3O6/c1-10(2)15(17(24)22-19(20)26)28-18(25)12-7-6-11(3)13(9-12)21-16(23)14-5-4-8-27-14/h4-10,15H,1-3H3,(H,21,23)(H3,20,22,24,26)/t15-/m1/s1. The lowest BCUT2D eigenvalue weighted by Crippen LogP contribution is -2.45. The summed E-state index contributed by atoms with van der Waals surface area (Å²) in [6, 6.07) is 6.62. The van der Waals surface area contributed by atoms with Gasteiger partial charge in [-0.05, 0) is 42.7 Å². The normalized spacial score (nSPS) is 11.6. The number of carbonyl (C=O) groups is 4. The van der Waals surface area contributed by atoms with Gasteiger partial charge in [-0.25, -0.2) is 9.59 Å². The summed E-state index contributed by atoms with van der Waals surface area (Å²) in [7, 11) is 0. The molecule has 1 atom stereocenters. The second-order valence-electron chi connectivity index (χ2n) is 6.38. The summed E-state index contributed by atoms with van der Waals surface area (Å²) in [6.07, 6.45) is 0.168. The Bertz CT molecular complexity index is 889. The molecular formula is C19H21N3O6. The molecule has 9 heteroatoms. The fourth-order valence-electron chi connectivity index (χ4n) is 2.34. The predicted octanol–water partition coefficient (Wildman–Crippen LogP) is 2.22. The summed E-state index contributed by atoms with van der Waals surface area (Å²) < 4.78 is 10.3. The first-order chi connectivity index (χ1) is 13.2. The number of anilines is 1. The van der Waals surface area contributed by atoms with Crippen LogP contribution in [0.2, 0.25) is 0 Å². The van der Waals surface area contributed by atoms with Gasteiger partial charge in [-0.3, -0.25) is 14.9 Å². The lowest BCUT2D eigenvalue weighted by Gasteiger charge is -2.20. The summed E-state index contributed by atoms with van der Waals surface area (Å²) in [5.74, 6) is -2.34. The van der Waals surface area contributed by atoms with Gasteiger partial charge in [0.2, 0.25) is 0 Å². The van der Waals surface area contributed by atoms with Gasteiger partial charge in [0.15, 0.2) is 11.9 Å². The molecule has 9 nitrogen and oxygen atoms in total. The first kappa shape index (κ1) is 20.7. The number of furan rings is 1. The zero-order valence-electron chi connectivity index (χ0n) is 15.6. The van der Waals surface area contributed by atoms with Crippen molar-refractivity contribution in [2.45, 2.75) is 26.9 Å². The molecule has 1 heterocycles. The Labute approximate surface area is 161 Å². The number of nitrogens with two attached hydrogens (primary N) is 1. The van der Waals surface area contributed by atoms with E-state index >= 15 is 0 Å². The van der Waals surface area contributed by atoms with E-state index in [-0.39, 0.29) is 11.3 Å². The maximum Gasteiger partial charge on any atom is 0.338 e. The number of benzene rings is 1. The number of ether oxygens (including phenoxy) is 1. The fourth-order valence-corrected chi connectivity index (χ4v) is 2.34. The molecular weight excluding hydrogens is 366 g/mol. The van der Waals surface area contributed by atoms with Crippen molar-refractivity contribution in [1.29, 1.82) is 0 Å². The van der Waals surface area contributed by atoms with Crippen molar-refractivity contribution in [1.82, 2.24) is 5.32 Å². The highest BCUT2D eigenvalue weighted by atomic mass is 16.5. The van der Waals surface area contributed by atoms with Crippen molar-refractivity contribution in [3.63, 3.8) is 0 Å². The molecule has 148 valence electrons. The van der Waals surface area contributed by atoms with Crippen molar-refractivity contribution >= 4 is 29.5 Å². The lowest BCUT2D eigenvalue weighted by molar-refractivity contribution is -0.130. The Kier molecular flexibility index (Phi) is 6.54. The van der Waals surface area contributed by atoms with E-state index < -0.39 is 35.8 Å². The molecule has 0 saturated carbocycles. The van der Waals surface area contributed by atoms with Gasteiger partial charge in [-0.2, -0.15) is 0 Å². The number of nitrogens with one attached hydrogen (secondary N) is 2. The number of hydrogen-bond acceptors (Lipinski definition) is 6. The fraction of sp³-hybridized carbons (Fsp3) is 0.263. The van der Waals surface area contributed by atoms with Crippen molar-refractivity contribution in [2.24, 2.45) is 11.7 Å². The van der Waals surface area contributed by atoms with Crippen LogP contribution in [-0.4, -0.2) is 29.9 Å². The van der Waals surface area contributed by atoms with E-state index in [4.69, 9.17) is 14.9 Å². The molecule has 2 aromatic rings. The van der Waals surface area contributed by atoms with Crippen LogP contribution in [0.1, 0.15) is 40.3 Å². The molecule has 4 N–H and O–H groups in total. The Morgan fingerprint density at radius 3 is 2.43 bits per heavy atom. The van der Waals surface area contributed by atoms with Gasteiger partial charge >= 0.3 is 12.0 Å². The molecule has 28 heavy (non-hydrogen) atoms. The highest BCUT2D eigenvalue weighted by molar-refractivity contribution is 6.03. The zero-order valence-corrected chi connectivity index (χ0v) is 15.6. The van der Waals surface area contributed by atoms with Crippen LogP contribution >= 0.6 is 0 Å². The maximum atomic E-state index is 12.5. The van der Waals surface area contributed by atoms with E-state index in [1.807, 2.05) is 5.32 Å². The number of hydrogen-bond donors (Lipinski definition) is 3. The third kappa shape index (κ3) is 5.19. The van der Waals surface area contributed by atoms with Crippen LogP contribution in [0.5, 0.6) is 0 Å². The SMILES string of the molecule is Cc1ccc(C(=O)O[C@@H](C(=O)NC(N)=O)C(C)C)cc1NC(=O)c1ccco1. The average molecular weight is 387 g/mol. The molecule has 0 saturated heterocycles. The molecule has 1 aromatic carbocycles. The van der Waals surface area contributed by atoms with Crippen LogP contribution in [0.25, 0.3) is 0 Å². The van der Waals surface area contributed by atoms with E-state index in [1.165, 1.54) is 24.5 Å². The van der Waals surface area contributed by atoms with Gasteiger partial charge in [0.25, 0.3) is 11.8 Å². The Balaban J connectivity index is 2.17. The van der Waals surface area contributed by atoms with Gasteiger partial charge in [0.05, 0.1) is 11.8 Å². The van der Waals surface area contributed by atoms with Gasteiger partial charge in [0.1, 0.15) is 0 Å². The van der Waals surface area contributed by atoms with Gasteiger partial charge in [-0.15, -0.1) is 0 Å². The summed E-state index contributed by atoms with van der Waals surface area (Å²) in [5.41, 5.74) is 6.16. The van der Waals surface area contributed by atoms with E-state index in [1.54, 1.807) is 32.9 Å². The van der Waals surface area contributed by atoms with Crippen molar-refractivity contribution in [3.05, 3.63) is 53.5 Å². The lowest BCUT2D eigenvalue weighted by atomic mass is 10.1. The largest absolute Gasteiger partial charge is 0.459 e. The van der Waals surface area contributed by atoms with Crippen LogP contribution in [0.4, 0.5) is 10.5 Å². The number of esters is 1. The van der Waals surface area contributed by atoms with Crippen LogP contribution in [0, 0.1) is 12.8 Å². The number of rotatable bonds is 6. The Morgan fingerprint density at radius 1 is 1.14 bits per heavy atom. The highest BCUT2D eigenvalue weighted by Crippen LogP contribution is 2.20. The van der Waals surface area contributed by atoms with E-state index in [2.05, 4.69) is 5.32 Å². The molecule has 0 spiro atoms. The number of aryl methyl sites for hydroxylation is 1. The van der Waals surface area contributed by atoms with Crippen molar-refractivity contribution in [3.8, 4) is 0 Å². The van der Waals surface area contributed by atoms with Crippen LogP contribution < -0.4 is 16.4 Å². The minimum absolute atomic E-state index is 0.121. The number of amides is 4. The molecule has 0 bridgehead atoms. The number of imide groups is 1. The van der Waals surface area contributed by atoms with E-state index in [0.29, 0.717) is 11.3 Å². The molecule has 0 aliphatic rings. The van der Waals surface area contributed by atoms with Crippen molar-refractivity contribution in [2.75, 3.05) is 5.32 Å². The predicted molar refractivity (Wildman–Crippen MR) is 99.6 cm³/mol. The molecule has 2 rings (SSSR count). The second kappa shape index (κ2) is 8.85. The first-order valence-electron chi connectivity index (χ1n) is 8.45. The van der Waals surface area contributed by atoms with Crippen LogP contribution in [0.15, 0.2) is 41.0 Å². The summed E-state index contributed by atoms with van der Waals surface area (Å²) in [4.78, 5) is 47.5. The maximum absolute atomic E-state index is 12.5. The van der Waals surface area contributed by atoms with Crippen molar-refractivity contribution < 1.29 is 28.3 Å².